The lowest BCUT2D eigenvalue weighted by Gasteiger charge is -2.31. The number of sulfonamides is 1. The summed E-state index contributed by atoms with van der Waals surface area (Å²) in [7, 11) is -2.05. The number of amides is 1. The second kappa shape index (κ2) is 8.75. The van der Waals surface area contributed by atoms with Gasteiger partial charge in [0.2, 0.25) is 15.9 Å². The van der Waals surface area contributed by atoms with Crippen molar-refractivity contribution in [1.29, 1.82) is 0 Å². The van der Waals surface area contributed by atoms with Crippen molar-refractivity contribution >= 4 is 21.6 Å². The molecule has 1 N–H and O–H groups in total. The number of rotatable bonds is 7. The Kier molecular flexibility index (Phi) is 6.46. The van der Waals surface area contributed by atoms with Crippen LogP contribution >= 0.6 is 0 Å². The first kappa shape index (κ1) is 22.9. The number of hydrogen-bond donors (Lipinski definition) is 1. The number of aryl methyl sites for hydroxylation is 2. The summed E-state index contributed by atoms with van der Waals surface area (Å²) in [5.41, 5.74) is 1.28. The smallest absolute Gasteiger partial charge is 0.312 e. The second-order valence-electron chi connectivity index (χ2n) is 7.71. The standard InChI is InChI=1S/C18H27N7O5S/c1-12-17(25(27)28)14(3)24(21-12)9-7-19-18(26)15-6-5-8-23(11-15)31(29,30)16-10-20-22(4)13(16)2/h10,15H,5-9,11H2,1-4H3,(H,19,26). The number of nitrogens with zero attached hydrogens (tertiary/aromatic N) is 6. The Hall–Kier alpha value is -2.80. The first-order chi connectivity index (χ1) is 14.5. The fourth-order valence-electron chi connectivity index (χ4n) is 3.84. The first-order valence-corrected chi connectivity index (χ1v) is 11.4. The van der Waals surface area contributed by atoms with Gasteiger partial charge in [0.25, 0.3) is 0 Å². The van der Waals surface area contributed by atoms with Crippen LogP contribution in [-0.4, -0.2) is 62.7 Å². The van der Waals surface area contributed by atoms with E-state index in [1.165, 1.54) is 19.9 Å². The Balaban J connectivity index is 1.61. The van der Waals surface area contributed by atoms with Crippen molar-refractivity contribution in [3.63, 3.8) is 0 Å². The van der Waals surface area contributed by atoms with Gasteiger partial charge in [0.1, 0.15) is 16.3 Å². The quantitative estimate of drug-likeness (QED) is 0.479. The van der Waals surface area contributed by atoms with Gasteiger partial charge >= 0.3 is 5.69 Å². The van der Waals surface area contributed by atoms with Crippen molar-refractivity contribution in [3.05, 3.63) is 33.4 Å². The molecular formula is C18H27N7O5S. The fraction of sp³-hybridized carbons (Fsp3) is 0.611. The summed E-state index contributed by atoms with van der Waals surface area (Å²) >= 11 is 0. The van der Waals surface area contributed by atoms with E-state index in [1.807, 2.05) is 0 Å². The minimum absolute atomic E-state index is 0.0230. The molecule has 12 nitrogen and oxygen atoms in total. The molecule has 1 fully saturated rings. The summed E-state index contributed by atoms with van der Waals surface area (Å²) in [6, 6.07) is 0. The van der Waals surface area contributed by atoms with Crippen molar-refractivity contribution in [1.82, 2.24) is 29.2 Å². The van der Waals surface area contributed by atoms with E-state index in [2.05, 4.69) is 15.5 Å². The zero-order valence-electron chi connectivity index (χ0n) is 18.0. The second-order valence-corrected chi connectivity index (χ2v) is 9.62. The molecule has 31 heavy (non-hydrogen) atoms. The Labute approximate surface area is 180 Å². The lowest BCUT2D eigenvalue weighted by molar-refractivity contribution is -0.386. The molecule has 170 valence electrons. The molecular weight excluding hydrogens is 426 g/mol. The zero-order valence-corrected chi connectivity index (χ0v) is 18.8. The summed E-state index contributed by atoms with van der Waals surface area (Å²) < 4.78 is 30.3. The molecule has 0 bridgehead atoms. The van der Waals surface area contributed by atoms with Crippen LogP contribution in [0.1, 0.15) is 29.9 Å². The van der Waals surface area contributed by atoms with Crippen LogP contribution in [0.5, 0.6) is 0 Å². The van der Waals surface area contributed by atoms with Gasteiger partial charge < -0.3 is 5.32 Å². The summed E-state index contributed by atoms with van der Waals surface area (Å²) in [5.74, 6) is -0.700. The average Bonchev–Trinajstić information content (AvgIpc) is 3.20. The third-order valence-electron chi connectivity index (χ3n) is 5.71. The molecule has 1 amide bonds. The highest BCUT2D eigenvalue weighted by molar-refractivity contribution is 7.89. The van der Waals surface area contributed by atoms with Gasteiger partial charge in [0, 0.05) is 26.7 Å². The number of piperidine rings is 1. The number of aromatic nitrogens is 4. The molecule has 13 heteroatoms. The molecule has 0 aliphatic carbocycles. The van der Waals surface area contributed by atoms with Crippen LogP contribution in [0, 0.1) is 36.8 Å². The Morgan fingerprint density at radius 3 is 2.61 bits per heavy atom. The van der Waals surface area contributed by atoms with E-state index >= 15 is 0 Å². The number of carbonyl (C=O) groups excluding carboxylic acids is 1. The average molecular weight is 454 g/mol. The maximum Gasteiger partial charge on any atom is 0.312 e. The highest BCUT2D eigenvalue weighted by Crippen LogP contribution is 2.25. The lowest BCUT2D eigenvalue weighted by atomic mass is 9.99. The Bertz CT molecular complexity index is 1100. The molecule has 0 radical (unpaired) electrons. The molecule has 2 aromatic heterocycles. The van der Waals surface area contributed by atoms with Crippen LogP contribution in [0.25, 0.3) is 0 Å². The molecule has 0 aromatic carbocycles. The van der Waals surface area contributed by atoms with E-state index in [-0.39, 0.29) is 36.1 Å². The summed E-state index contributed by atoms with van der Waals surface area (Å²) in [6.07, 6.45) is 2.51. The molecule has 1 aliphatic heterocycles. The van der Waals surface area contributed by atoms with Gasteiger partial charge in [0.05, 0.1) is 29.3 Å². The number of hydrogen-bond acceptors (Lipinski definition) is 7. The third kappa shape index (κ3) is 4.46. The number of carbonyl (C=O) groups is 1. The van der Waals surface area contributed by atoms with Crippen molar-refractivity contribution < 1.29 is 18.1 Å². The van der Waals surface area contributed by atoms with Crippen LogP contribution in [0.15, 0.2) is 11.1 Å². The van der Waals surface area contributed by atoms with E-state index in [1.54, 1.807) is 27.8 Å². The van der Waals surface area contributed by atoms with Crippen LogP contribution in [0.2, 0.25) is 0 Å². The fourth-order valence-corrected chi connectivity index (χ4v) is 5.55. The van der Waals surface area contributed by atoms with Crippen molar-refractivity contribution in [3.8, 4) is 0 Å². The predicted molar refractivity (Wildman–Crippen MR) is 111 cm³/mol. The van der Waals surface area contributed by atoms with E-state index < -0.39 is 20.9 Å². The molecule has 1 saturated heterocycles. The van der Waals surface area contributed by atoms with Crippen molar-refractivity contribution in [2.75, 3.05) is 19.6 Å². The Morgan fingerprint density at radius 2 is 2.03 bits per heavy atom. The number of nitrogens with one attached hydrogen (secondary N) is 1. The van der Waals surface area contributed by atoms with E-state index in [9.17, 15) is 23.3 Å². The third-order valence-corrected chi connectivity index (χ3v) is 7.68. The summed E-state index contributed by atoms with van der Waals surface area (Å²) in [6.45, 7) is 5.87. The topological polar surface area (TPSA) is 145 Å². The van der Waals surface area contributed by atoms with Crippen molar-refractivity contribution in [2.24, 2.45) is 13.0 Å². The molecule has 0 saturated carbocycles. The summed E-state index contributed by atoms with van der Waals surface area (Å²) in [4.78, 5) is 23.4. The van der Waals surface area contributed by atoms with E-state index in [0.29, 0.717) is 36.5 Å². The van der Waals surface area contributed by atoms with Gasteiger partial charge in [-0.3, -0.25) is 24.3 Å². The van der Waals surface area contributed by atoms with Gasteiger partial charge in [-0.1, -0.05) is 0 Å². The molecule has 1 aliphatic rings. The maximum atomic E-state index is 13.0. The largest absolute Gasteiger partial charge is 0.354 e. The van der Waals surface area contributed by atoms with Gasteiger partial charge in [-0.2, -0.15) is 14.5 Å². The first-order valence-electron chi connectivity index (χ1n) is 9.99. The minimum Gasteiger partial charge on any atom is -0.354 e. The molecule has 0 spiro atoms. The molecule has 1 unspecified atom stereocenters. The SMILES string of the molecule is Cc1nn(CCNC(=O)C2CCCN(S(=O)(=O)c3cnn(C)c3C)C2)c(C)c1[N+](=O)[O-]. The van der Waals surface area contributed by atoms with Crippen LogP contribution < -0.4 is 5.32 Å². The molecule has 3 heterocycles. The van der Waals surface area contributed by atoms with Crippen LogP contribution in [0.3, 0.4) is 0 Å². The van der Waals surface area contributed by atoms with Gasteiger partial charge in [-0.25, -0.2) is 8.42 Å². The van der Waals surface area contributed by atoms with Gasteiger partial charge in [-0.15, -0.1) is 0 Å². The van der Waals surface area contributed by atoms with Gasteiger partial charge in [-0.05, 0) is 33.6 Å². The summed E-state index contributed by atoms with van der Waals surface area (Å²) in [5, 5.41) is 22.1. The Morgan fingerprint density at radius 1 is 1.32 bits per heavy atom. The predicted octanol–water partition coefficient (Wildman–Crippen LogP) is 0.667. The molecule has 3 rings (SSSR count). The molecule has 2 aromatic rings. The highest BCUT2D eigenvalue weighted by atomic mass is 32.2. The number of nitro groups is 1. The lowest BCUT2D eigenvalue weighted by Crippen LogP contribution is -2.45. The van der Waals surface area contributed by atoms with Crippen molar-refractivity contribution in [2.45, 2.75) is 45.1 Å². The minimum atomic E-state index is -3.73. The van der Waals surface area contributed by atoms with E-state index in [0.717, 1.165) is 0 Å². The monoisotopic (exact) mass is 453 g/mol. The zero-order chi connectivity index (χ0) is 22.9. The normalized spacial score (nSPS) is 17.6. The van der Waals surface area contributed by atoms with Crippen LogP contribution in [-0.2, 0) is 28.4 Å². The highest BCUT2D eigenvalue weighted by Gasteiger charge is 2.35. The van der Waals surface area contributed by atoms with Gasteiger partial charge in [0.15, 0.2) is 0 Å². The maximum absolute atomic E-state index is 13.0. The van der Waals surface area contributed by atoms with Crippen LogP contribution in [0.4, 0.5) is 5.69 Å². The van der Waals surface area contributed by atoms with E-state index in [4.69, 9.17) is 0 Å². The molecule has 1 atom stereocenters.